The second kappa shape index (κ2) is 3.72. The molecule has 0 radical (unpaired) electrons. The molecule has 62 valence electrons. The highest BCUT2D eigenvalue weighted by Gasteiger charge is 2.06. The van der Waals surface area contributed by atoms with Crippen LogP contribution in [0.1, 0.15) is 31.9 Å². The van der Waals surface area contributed by atoms with Crippen LogP contribution in [0.3, 0.4) is 0 Å². The lowest BCUT2D eigenvalue weighted by Gasteiger charge is -2.01. The summed E-state index contributed by atoms with van der Waals surface area (Å²) in [6.45, 7) is 4.39. The number of nitrogens with zero attached hydrogens (tertiary/aromatic N) is 1. The molecule has 0 aromatic carbocycles. The minimum Gasteiger partial charge on any atom is -0.365 e. The molecular formula is C8H14N2S. The molecule has 2 nitrogen and oxygen atoms in total. The van der Waals surface area contributed by atoms with E-state index in [1.165, 1.54) is 5.69 Å². The third kappa shape index (κ3) is 1.93. The van der Waals surface area contributed by atoms with Crippen LogP contribution in [0.4, 0.5) is 5.13 Å². The first kappa shape index (κ1) is 8.53. The van der Waals surface area contributed by atoms with Crippen LogP contribution in [0, 0.1) is 0 Å². The number of hydrogen-bond acceptors (Lipinski definition) is 3. The van der Waals surface area contributed by atoms with E-state index in [9.17, 15) is 0 Å². The van der Waals surface area contributed by atoms with Crippen LogP contribution in [-0.2, 0) is 0 Å². The van der Waals surface area contributed by atoms with Crippen LogP contribution in [0.15, 0.2) is 5.38 Å². The monoisotopic (exact) mass is 170 g/mol. The minimum absolute atomic E-state index is 0.591. The maximum absolute atomic E-state index is 4.41. The van der Waals surface area contributed by atoms with Gasteiger partial charge in [-0.25, -0.2) is 4.98 Å². The summed E-state index contributed by atoms with van der Waals surface area (Å²) < 4.78 is 0. The maximum atomic E-state index is 4.41. The van der Waals surface area contributed by atoms with E-state index >= 15 is 0 Å². The summed E-state index contributed by atoms with van der Waals surface area (Å²) in [5.74, 6) is 0.591. The van der Waals surface area contributed by atoms with Crippen molar-refractivity contribution in [2.75, 3.05) is 12.4 Å². The van der Waals surface area contributed by atoms with E-state index in [2.05, 4.69) is 29.5 Å². The number of thiazole rings is 1. The predicted octanol–water partition coefficient (Wildman–Crippen LogP) is 2.70. The van der Waals surface area contributed by atoms with E-state index in [0.717, 1.165) is 11.6 Å². The van der Waals surface area contributed by atoms with Gasteiger partial charge < -0.3 is 5.32 Å². The van der Waals surface area contributed by atoms with Crippen molar-refractivity contribution >= 4 is 16.5 Å². The highest BCUT2D eigenvalue weighted by atomic mass is 32.1. The summed E-state index contributed by atoms with van der Waals surface area (Å²) in [4.78, 5) is 4.41. The number of nitrogens with one attached hydrogen (secondary N) is 1. The van der Waals surface area contributed by atoms with E-state index in [1.807, 2.05) is 7.05 Å². The molecule has 0 saturated carbocycles. The fraction of sp³-hybridized carbons (Fsp3) is 0.625. The Morgan fingerprint density at radius 2 is 2.45 bits per heavy atom. The molecule has 1 heterocycles. The van der Waals surface area contributed by atoms with Gasteiger partial charge in [0.15, 0.2) is 5.13 Å². The van der Waals surface area contributed by atoms with Crippen molar-refractivity contribution in [1.29, 1.82) is 0 Å². The predicted molar refractivity (Wildman–Crippen MR) is 50.4 cm³/mol. The molecule has 0 fully saturated rings. The molecule has 1 aromatic rings. The highest BCUT2D eigenvalue weighted by Crippen LogP contribution is 2.23. The lowest BCUT2D eigenvalue weighted by molar-refractivity contribution is 0.714. The quantitative estimate of drug-likeness (QED) is 0.754. The van der Waals surface area contributed by atoms with Crippen LogP contribution >= 0.6 is 11.3 Å². The normalized spacial score (nSPS) is 13.0. The Hall–Kier alpha value is -0.570. The first-order valence-electron chi connectivity index (χ1n) is 3.91. The van der Waals surface area contributed by atoms with Crippen molar-refractivity contribution in [1.82, 2.24) is 4.98 Å². The van der Waals surface area contributed by atoms with Crippen molar-refractivity contribution < 1.29 is 0 Å². The summed E-state index contributed by atoms with van der Waals surface area (Å²) in [5.41, 5.74) is 1.21. The fourth-order valence-corrected chi connectivity index (χ4v) is 1.63. The summed E-state index contributed by atoms with van der Waals surface area (Å²) in [5, 5.41) is 6.17. The molecule has 3 heteroatoms. The van der Waals surface area contributed by atoms with Crippen LogP contribution in [0.2, 0.25) is 0 Å². The van der Waals surface area contributed by atoms with Crippen molar-refractivity contribution in [3.05, 3.63) is 11.1 Å². The van der Waals surface area contributed by atoms with Crippen molar-refractivity contribution in [3.8, 4) is 0 Å². The lowest BCUT2D eigenvalue weighted by Crippen LogP contribution is -1.92. The molecule has 0 aliphatic rings. The Morgan fingerprint density at radius 3 is 2.91 bits per heavy atom. The Kier molecular flexibility index (Phi) is 2.88. The molecule has 1 N–H and O–H groups in total. The Morgan fingerprint density at radius 1 is 1.73 bits per heavy atom. The molecule has 0 spiro atoms. The standard InChI is InChI=1S/C8H14N2S/c1-4-6(2)7-5-11-8(9-3)10-7/h5-6H,4H2,1-3H3,(H,9,10)/t6-/m1/s1. The van der Waals surface area contributed by atoms with Gasteiger partial charge >= 0.3 is 0 Å². The molecule has 0 saturated heterocycles. The minimum atomic E-state index is 0.591. The summed E-state index contributed by atoms with van der Waals surface area (Å²) in [6.07, 6.45) is 1.16. The van der Waals surface area contributed by atoms with E-state index in [-0.39, 0.29) is 0 Å². The smallest absolute Gasteiger partial charge is 0.182 e. The van der Waals surface area contributed by atoms with Gasteiger partial charge in [-0.05, 0) is 12.3 Å². The highest BCUT2D eigenvalue weighted by molar-refractivity contribution is 7.13. The first-order valence-corrected chi connectivity index (χ1v) is 4.79. The zero-order valence-corrected chi connectivity index (χ0v) is 8.03. The van der Waals surface area contributed by atoms with E-state index < -0.39 is 0 Å². The summed E-state index contributed by atoms with van der Waals surface area (Å²) in [6, 6.07) is 0. The molecule has 0 amide bonds. The number of rotatable bonds is 3. The zero-order valence-electron chi connectivity index (χ0n) is 7.22. The van der Waals surface area contributed by atoms with Gasteiger partial charge in [0.2, 0.25) is 0 Å². The topological polar surface area (TPSA) is 24.9 Å². The maximum Gasteiger partial charge on any atom is 0.182 e. The number of aromatic nitrogens is 1. The molecule has 0 unspecified atom stereocenters. The van der Waals surface area contributed by atoms with Crippen LogP contribution in [-0.4, -0.2) is 12.0 Å². The third-order valence-electron chi connectivity index (χ3n) is 1.85. The van der Waals surface area contributed by atoms with Crippen LogP contribution in [0.25, 0.3) is 0 Å². The summed E-state index contributed by atoms with van der Waals surface area (Å²) >= 11 is 1.67. The molecular weight excluding hydrogens is 156 g/mol. The molecule has 1 aromatic heterocycles. The van der Waals surface area contributed by atoms with Gasteiger partial charge in [0.05, 0.1) is 5.69 Å². The Bertz CT molecular complexity index is 220. The lowest BCUT2D eigenvalue weighted by atomic mass is 10.1. The van der Waals surface area contributed by atoms with Gasteiger partial charge in [-0.15, -0.1) is 11.3 Å². The van der Waals surface area contributed by atoms with Crippen molar-refractivity contribution in [2.45, 2.75) is 26.2 Å². The largest absolute Gasteiger partial charge is 0.365 e. The Labute approximate surface area is 71.7 Å². The SMILES string of the molecule is CC[C@@H](C)c1csc(NC)n1. The number of hydrogen-bond donors (Lipinski definition) is 1. The average molecular weight is 170 g/mol. The molecule has 11 heavy (non-hydrogen) atoms. The molecule has 1 rings (SSSR count). The molecule has 0 bridgehead atoms. The van der Waals surface area contributed by atoms with Gasteiger partial charge in [-0.2, -0.15) is 0 Å². The van der Waals surface area contributed by atoms with Crippen molar-refractivity contribution in [3.63, 3.8) is 0 Å². The third-order valence-corrected chi connectivity index (χ3v) is 2.73. The zero-order chi connectivity index (χ0) is 8.27. The second-order valence-electron chi connectivity index (χ2n) is 2.64. The molecule has 1 atom stereocenters. The Balaban J connectivity index is 2.71. The first-order chi connectivity index (χ1) is 5.27. The van der Waals surface area contributed by atoms with Crippen molar-refractivity contribution in [2.24, 2.45) is 0 Å². The van der Waals surface area contributed by atoms with Gasteiger partial charge in [0, 0.05) is 12.4 Å². The van der Waals surface area contributed by atoms with Crippen LogP contribution < -0.4 is 5.32 Å². The molecule has 0 aliphatic carbocycles. The second-order valence-corrected chi connectivity index (χ2v) is 3.49. The van der Waals surface area contributed by atoms with E-state index in [1.54, 1.807) is 11.3 Å². The van der Waals surface area contributed by atoms with Crippen LogP contribution in [0.5, 0.6) is 0 Å². The van der Waals surface area contributed by atoms with Gasteiger partial charge in [0.1, 0.15) is 0 Å². The van der Waals surface area contributed by atoms with Gasteiger partial charge in [-0.3, -0.25) is 0 Å². The van der Waals surface area contributed by atoms with E-state index in [0.29, 0.717) is 5.92 Å². The van der Waals surface area contributed by atoms with E-state index in [4.69, 9.17) is 0 Å². The summed E-state index contributed by atoms with van der Waals surface area (Å²) in [7, 11) is 1.90. The van der Waals surface area contributed by atoms with Gasteiger partial charge in [-0.1, -0.05) is 13.8 Å². The number of anilines is 1. The molecule has 0 aliphatic heterocycles. The fourth-order valence-electron chi connectivity index (χ4n) is 0.836. The average Bonchev–Trinajstić information content (AvgIpc) is 2.50. The van der Waals surface area contributed by atoms with Gasteiger partial charge in [0.25, 0.3) is 0 Å².